The number of nitrogens with one attached hydrogen (secondary N) is 6. The van der Waals surface area contributed by atoms with Crippen LogP contribution < -0.4 is 43.4 Å². The number of nitrogens with zero attached hydrogens (tertiary/aromatic N) is 1. The average Bonchev–Trinajstić information content (AvgIpc) is 2.88. The van der Waals surface area contributed by atoms with Gasteiger partial charge >= 0.3 is 0 Å². The van der Waals surface area contributed by atoms with Gasteiger partial charge in [0.2, 0.25) is 29.5 Å². The van der Waals surface area contributed by atoms with Gasteiger partial charge < -0.3 is 43.4 Å². The van der Waals surface area contributed by atoms with Gasteiger partial charge in [0.1, 0.15) is 6.04 Å². The lowest BCUT2D eigenvalue weighted by Gasteiger charge is -2.19. The van der Waals surface area contributed by atoms with Gasteiger partial charge in [0.05, 0.1) is 26.2 Å². The first-order valence-electron chi connectivity index (χ1n) is 11.5. The van der Waals surface area contributed by atoms with E-state index in [4.69, 9.17) is 11.5 Å². The summed E-state index contributed by atoms with van der Waals surface area (Å²) in [6, 6.07) is 3.63. The third-order valence-electron chi connectivity index (χ3n) is 5.11. The lowest BCUT2D eigenvalue weighted by Crippen LogP contribution is -2.49. The summed E-state index contributed by atoms with van der Waals surface area (Å²) in [7, 11) is 0. The van der Waals surface area contributed by atoms with Gasteiger partial charge in [-0.1, -0.05) is 22.0 Å². The summed E-state index contributed by atoms with van der Waals surface area (Å²) in [5.74, 6) is -3.85. The van der Waals surface area contributed by atoms with Crippen LogP contribution in [0.3, 0.4) is 0 Å². The summed E-state index contributed by atoms with van der Waals surface area (Å²) >= 11 is 3.30. The first-order valence-corrected chi connectivity index (χ1v) is 12.6. The van der Waals surface area contributed by atoms with E-state index in [1.165, 1.54) is 6.07 Å². The maximum atomic E-state index is 13.0. The van der Waals surface area contributed by atoms with Crippen LogP contribution in [0.25, 0.3) is 0 Å². The molecule has 0 radical (unpaired) electrons. The van der Waals surface area contributed by atoms with E-state index in [9.17, 15) is 28.8 Å². The molecule has 2 rings (SSSR count). The highest BCUT2D eigenvalue weighted by atomic mass is 79.9. The van der Waals surface area contributed by atoms with Gasteiger partial charge in [-0.2, -0.15) is 0 Å². The molecule has 1 aliphatic rings. The Hall–Kier alpha value is -4.21. The summed E-state index contributed by atoms with van der Waals surface area (Å²) in [6.07, 6.45) is 0.521. The van der Waals surface area contributed by atoms with Gasteiger partial charge in [0.15, 0.2) is 5.96 Å². The first kappa shape index (κ1) is 30.0. The molecule has 6 amide bonds. The van der Waals surface area contributed by atoms with Crippen molar-refractivity contribution in [3.8, 4) is 0 Å². The van der Waals surface area contributed by atoms with Crippen LogP contribution in [0.4, 0.5) is 5.69 Å². The quantitative estimate of drug-likeness (QED) is 0.0760. The van der Waals surface area contributed by atoms with Crippen LogP contribution in [0, 0.1) is 0 Å². The molecule has 1 aliphatic heterocycles. The molecule has 206 valence electrons. The summed E-state index contributed by atoms with van der Waals surface area (Å²) < 4.78 is 0. The highest BCUT2D eigenvalue weighted by Gasteiger charge is 2.22. The zero-order chi connectivity index (χ0) is 28.1. The minimum atomic E-state index is -1.02. The van der Waals surface area contributed by atoms with Gasteiger partial charge in [0, 0.05) is 23.1 Å². The lowest BCUT2D eigenvalue weighted by molar-refractivity contribution is -0.129. The summed E-state index contributed by atoms with van der Waals surface area (Å²) in [5.41, 5.74) is 11.7. The fraction of sp³-hybridized carbons (Fsp3) is 0.409. The highest BCUT2D eigenvalue weighted by molar-refractivity contribution is 9.08. The average molecular weight is 596 g/mol. The Bertz CT molecular complexity index is 1110. The number of alkyl halides is 1. The summed E-state index contributed by atoms with van der Waals surface area (Å²) in [4.78, 5) is 78.0. The van der Waals surface area contributed by atoms with Crippen LogP contribution in [0.15, 0.2) is 23.2 Å². The number of benzene rings is 1. The van der Waals surface area contributed by atoms with Crippen LogP contribution in [-0.2, 0) is 29.3 Å². The fourth-order valence-electron chi connectivity index (χ4n) is 3.21. The molecule has 0 unspecified atom stereocenters. The van der Waals surface area contributed by atoms with Crippen LogP contribution in [-0.4, -0.2) is 80.2 Å². The van der Waals surface area contributed by atoms with E-state index in [1.807, 2.05) is 0 Å². The van der Waals surface area contributed by atoms with E-state index in [2.05, 4.69) is 52.8 Å². The smallest absolute Gasteiger partial charge is 0.252 e. The van der Waals surface area contributed by atoms with Gasteiger partial charge in [0.25, 0.3) is 5.91 Å². The van der Waals surface area contributed by atoms with Crippen molar-refractivity contribution in [2.24, 2.45) is 16.5 Å². The Morgan fingerprint density at radius 2 is 1.45 bits per heavy atom. The predicted molar refractivity (Wildman–Crippen MR) is 141 cm³/mol. The third kappa shape index (κ3) is 10.4. The van der Waals surface area contributed by atoms with Crippen molar-refractivity contribution < 1.29 is 28.8 Å². The van der Waals surface area contributed by atoms with Crippen molar-refractivity contribution in [3.05, 3.63) is 29.3 Å². The number of carbonyl (C=O) groups is 6. The fourth-order valence-corrected chi connectivity index (χ4v) is 3.70. The molecule has 1 heterocycles. The molecule has 0 fully saturated rings. The van der Waals surface area contributed by atoms with Crippen molar-refractivity contribution in [1.82, 2.24) is 26.6 Å². The predicted octanol–water partition coefficient (Wildman–Crippen LogP) is -2.85. The number of hydrogen-bond acceptors (Lipinski definition) is 7. The summed E-state index contributed by atoms with van der Waals surface area (Å²) in [5, 5.41) is 15.0. The van der Waals surface area contributed by atoms with Gasteiger partial charge in [-0.3, -0.25) is 33.8 Å². The van der Waals surface area contributed by atoms with Crippen molar-refractivity contribution in [2.75, 3.05) is 38.0 Å². The van der Waals surface area contributed by atoms with Gasteiger partial charge in [-0.15, -0.1) is 0 Å². The molecule has 16 heteroatoms. The minimum Gasteiger partial charge on any atom is -0.370 e. The Kier molecular flexibility index (Phi) is 12.0. The number of halogens is 1. The number of fused-ring (bicyclic) bond motifs is 2. The Morgan fingerprint density at radius 3 is 2.03 bits per heavy atom. The molecule has 0 aliphatic carbocycles. The number of nitrogens with two attached hydrogens (primary N) is 2. The molecule has 1 atom stereocenters. The number of aliphatic imine (C=N–C) groups is 1. The molecular weight excluding hydrogens is 566 g/mol. The molecule has 0 saturated carbocycles. The SMILES string of the molecule is NC(N)=NCCC[C@@H]1NC(=O)CNC(=O)CNC(=O)CNC(=O)CNC(=O)c2cc(ccc2CBr)NC1=O. The second-order valence-electron chi connectivity index (χ2n) is 8.08. The van der Waals surface area contributed by atoms with E-state index in [0.717, 1.165) is 0 Å². The van der Waals surface area contributed by atoms with Gasteiger partial charge in [-0.05, 0) is 30.5 Å². The maximum Gasteiger partial charge on any atom is 0.252 e. The van der Waals surface area contributed by atoms with E-state index < -0.39 is 67.7 Å². The zero-order valence-electron chi connectivity index (χ0n) is 20.4. The molecule has 10 N–H and O–H groups in total. The Labute approximate surface area is 226 Å². The first-order chi connectivity index (χ1) is 18.1. The molecule has 0 aromatic heterocycles. The standard InChI is InChI=1S/C22H30BrN9O6/c23-7-12-3-4-13-6-14(12)20(37)30-10-18(35)28-8-16(33)27-9-17(34)29-11-19(36)32-15(21(38)31-13)2-1-5-26-22(24)25/h3-4,6,15H,1-2,5,7-11H2,(H,27,33)(H,28,35)(H,29,34)(H,30,37)(H,31,38)(H,32,36)(H4,24,25,26)/t15-/m0/s1. The normalized spacial score (nSPS) is 18.1. The van der Waals surface area contributed by atoms with Crippen molar-refractivity contribution >= 4 is 63.0 Å². The monoisotopic (exact) mass is 595 g/mol. The molecule has 1 aromatic rings. The van der Waals surface area contributed by atoms with Crippen molar-refractivity contribution in [2.45, 2.75) is 24.2 Å². The van der Waals surface area contributed by atoms with E-state index in [0.29, 0.717) is 17.3 Å². The lowest BCUT2D eigenvalue weighted by atomic mass is 10.1. The number of amides is 6. The second-order valence-corrected chi connectivity index (χ2v) is 8.64. The molecule has 2 bridgehead atoms. The summed E-state index contributed by atoms with van der Waals surface area (Å²) in [6.45, 7) is -1.50. The minimum absolute atomic E-state index is 0.111. The molecule has 0 saturated heterocycles. The van der Waals surface area contributed by atoms with E-state index >= 15 is 0 Å². The van der Waals surface area contributed by atoms with Crippen LogP contribution in [0.2, 0.25) is 0 Å². The molecule has 15 nitrogen and oxygen atoms in total. The van der Waals surface area contributed by atoms with Crippen LogP contribution >= 0.6 is 15.9 Å². The number of rotatable bonds is 5. The van der Waals surface area contributed by atoms with E-state index in [1.54, 1.807) is 12.1 Å². The largest absolute Gasteiger partial charge is 0.370 e. The van der Waals surface area contributed by atoms with Crippen LogP contribution in [0.5, 0.6) is 0 Å². The maximum absolute atomic E-state index is 13.0. The van der Waals surface area contributed by atoms with Crippen molar-refractivity contribution in [3.63, 3.8) is 0 Å². The number of hydrogen-bond donors (Lipinski definition) is 8. The third-order valence-corrected chi connectivity index (χ3v) is 5.71. The molecule has 1 aromatic carbocycles. The van der Waals surface area contributed by atoms with Gasteiger partial charge in [-0.25, -0.2) is 0 Å². The molecular formula is C22H30BrN9O6. The Morgan fingerprint density at radius 1 is 0.868 bits per heavy atom. The van der Waals surface area contributed by atoms with Crippen LogP contribution in [0.1, 0.15) is 28.8 Å². The topological polar surface area (TPSA) is 239 Å². The molecule has 38 heavy (non-hydrogen) atoms. The highest BCUT2D eigenvalue weighted by Crippen LogP contribution is 2.19. The number of carbonyl (C=O) groups excluding carboxylic acids is 6. The second kappa shape index (κ2) is 15.1. The van der Waals surface area contributed by atoms with Crippen molar-refractivity contribution in [1.29, 1.82) is 0 Å². The Balaban J connectivity index is 2.28. The number of anilines is 1. The zero-order valence-corrected chi connectivity index (χ0v) is 22.0. The molecule has 0 spiro atoms. The number of guanidine groups is 1. The van der Waals surface area contributed by atoms with E-state index in [-0.39, 0.29) is 30.2 Å².